The maximum atomic E-state index is 13.1. The minimum absolute atomic E-state index is 0.267. The Balaban J connectivity index is 1.52. The number of fused-ring (bicyclic) bond motifs is 1. The smallest absolute Gasteiger partial charge is 0.155 e. The van der Waals surface area contributed by atoms with Crippen LogP contribution in [0.4, 0.5) is 10.1 Å². The van der Waals surface area contributed by atoms with Gasteiger partial charge in [-0.25, -0.2) is 18.9 Å². The van der Waals surface area contributed by atoms with Crippen molar-refractivity contribution in [2.45, 2.75) is 6.54 Å². The molecule has 9 heteroatoms. The fourth-order valence-corrected chi connectivity index (χ4v) is 3.16. The fraction of sp³-hybridized carbons (Fsp3) is 0.100. The topological polar surface area (TPSA) is 88.7 Å². The van der Waals surface area contributed by atoms with E-state index in [0.29, 0.717) is 6.54 Å². The van der Waals surface area contributed by atoms with Crippen LogP contribution in [-0.2, 0) is 13.6 Å². The Morgan fingerprint density at radius 3 is 2.76 bits per heavy atom. The summed E-state index contributed by atoms with van der Waals surface area (Å²) in [6.07, 6.45) is 5.29. The lowest BCUT2D eigenvalue weighted by atomic mass is 10.1. The van der Waals surface area contributed by atoms with Crippen LogP contribution in [0.1, 0.15) is 5.82 Å². The summed E-state index contributed by atoms with van der Waals surface area (Å²) in [6.45, 7) is 0.455. The van der Waals surface area contributed by atoms with Crippen LogP contribution in [0.2, 0.25) is 0 Å². The molecule has 0 unspecified atom stereocenters. The highest BCUT2D eigenvalue weighted by Crippen LogP contribution is 2.29. The Bertz CT molecular complexity index is 1280. The molecule has 0 atom stereocenters. The molecule has 29 heavy (non-hydrogen) atoms. The standard InChI is InChI=1S/C20H17FN8/c1-28-9-8-16(27-28)20-19(13-2-7-18-23-12-24-29(18)11-13)25-17(26-20)10-22-15-5-3-14(21)4-6-15/h2-9,11-12,22H,10H2,1H3,(H,25,26). The molecule has 4 aromatic heterocycles. The Labute approximate surface area is 165 Å². The van der Waals surface area contributed by atoms with Crippen LogP contribution in [0.5, 0.6) is 0 Å². The highest BCUT2D eigenvalue weighted by atomic mass is 19.1. The Morgan fingerprint density at radius 1 is 1.10 bits per heavy atom. The summed E-state index contributed by atoms with van der Waals surface area (Å²) < 4.78 is 16.6. The second-order valence-corrected chi connectivity index (χ2v) is 6.62. The molecule has 0 aliphatic carbocycles. The fourth-order valence-electron chi connectivity index (χ4n) is 3.16. The highest BCUT2D eigenvalue weighted by molar-refractivity contribution is 5.76. The summed E-state index contributed by atoms with van der Waals surface area (Å²) in [5.74, 6) is 0.473. The van der Waals surface area contributed by atoms with Crippen molar-refractivity contribution < 1.29 is 4.39 Å². The van der Waals surface area contributed by atoms with E-state index < -0.39 is 0 Å². The quantitative estimate of drug-likeness (QED) is 0.482. The summed E-state index contributed by atoms with van der Waals surface area (Å²) in [6, 6.07) is 12.0. The number of anilines is 1. The van der Waals surface area contributed by atoms with Gasteiger partial charge >= 0.3 is 0 Å². The predicted octanol–water partition coefficient (Wildman–Crippen LogP) is 3.27. The minimum atomic E-state index is -0.267. The number of pyridine rings is 1. The van der Waals surface area contributed by atoms with Crippen molar-refractivity contribution in [3.63, 3.8) is 0 Å². The number of hydrogen-bond acceptors (Lipinski definition) is 5. The maximum absolute atomic E-state index is 13.1. The van der Waals surface area contributed by atoms with Crippen LogP contribution in [0, 0.1) is 5.82 Å². The van der Waals surface area contributed by atoms with E-state index in [-0.39, 0.29) is 5.82 Å². The SMILES string of the molecule is Cn1ccc(-c2[nH]c(CNc3ccc(F)cc3)nc2-c2ccc3ncnn3c2)n1. The van der Waals surface area contributed by atoms with Crippen molar-refractivity contribution in [1.82, 2.24) is 34.3 Å². The van der Waals surface area contributed by atoms with E-state index in [1.807, 2.05) is 37.6 Å². The van der Waals surface area contributed by atoms with Gasteiger partial charge in [0.05, 0.1) is 17.9 Å². The molecule has 0 aliphatic heterocycles. The lowest BCUT2D eigenvalue weighted by Crippen LogP contribution is -2.01. The molecule has 144 valence electrons. The molecule has 1 aromatic carbocycles. The molecular formula is C20H17FN8. The number of halogens is 1. The minimum Gasteiger partial charge on any atom is -0.378 e. The molecule has 0 saturated heterocycles. The lowest BCUT2D eigenvalue weighted by Gasteiger charge is -2.03. The molecule has 2 N–H and O–H groups in total. The largest absolute Gasteiger partial charge is 0.378 e. The predicted molar refractivity (Wildman–Crippen MR) is 106 cm³/mol. The van der Waals surface area contributed by atoms with Crippen molar-refractivity contribution in [2.24, 2.45) is 7.05 Å². The first-order chi connectivity index (χ1) is 14.2. The zero-order valence-electron chi connectivity index (χ0n) is 15.5. The summed E-state index contributed by atoms with van der Waals surface area (Å²) in [4.78, 5) is 12.3. The average molecular weight is 388 g/mol. The third kappa shape index (κ3) is 3.33. The Morgan fingerprint density at radius 2 is 1.97 bits per heavy atom. The van der Waals surface area contributed by atoms with Gasteiger partial charge in [0.1, 0.15) is 23.7 Å². The number of nitrogens with one attached hydrogen (secondary N) is 2. The number of benzene rings is 1. The maximum Gasteiger partial charge on any atom is 0.155 e. The molecular weight excluding hydrogens is 371 g/mol. The zero-order valence-corrected chi connectivity index (χ0v) is 15.5. The number of imidazole rings is 1. The number of H-pyrrole nitrogens is 1. The molecule has 0 radical (unpaired) electrons. The summed E-state index contributed by atoms with van der Waals surface area (Å²) >= 11 is 0. The third-order valence-corrected chi connectivity index (χ3v) is 4.57. The molecule has 0 fully saturated rings. The monoisotopic (exact) mass is 388 g/mol. The second-order valence-electron chi connectivity index (χ2n) is 6.62. The summed E-state index contributed by atoms with van der Waals surface area (Å²) in [7, 11) is 1.87. The summed E-state index contributed by atoms with van der Waals surface area (Å²) in [5, 5.41) is 12.0. The van der Waals surface area contributed by atoms with Gasteiger partial charge in [-0.15, -0.1) is 0 Å². The van der Waals surface area contributed by atoms with E-state index in [2.05, 4.69) is 25.5 Å². The van der Waals surface area contributed by atoms with Crippen molar-refractivity contribution >= 4 is 11.3 Å². The van der Waals surface area contributed by atoms with Crippen LogP contribution in [-0.4, -0.2) is 34.3 Å². The van der Waals surface area contributed by atoms with Gasteiger partial charge in [-0.1, -0.05) is 0 Å². The van der Waals surface area contributed by atoms with Gasteiger partial charge in [-0.3, -0.25) is 4.68 Å². The van der Waals surface area contributed by atoms with Crippen molar-refractivity contribution in [1.29, 1.82) is 0 Å². The number of aromatic amines is 1. The molecule has 5 rings (SSSR count). The van der Waals surface area contributed by atoms with Crippen molar-refractivity contribution in [2.75, 3.05) is 5.32 Å². The zero-order chi connectivity index (χ0) is 19.8. The van der Waals surface area contributed by atoms with Gasteiger partial charge in [-0.2, -0.15) is 10.2 Å². The van der Waals surface area contributed by atoms with E-state index in [4.69, 9.17) is 4.98 Å². The van der Waals surface area contributed by atoms with Crippen LogP contribution >= 0.6 is 0 Å². The van der Waals surface area contributed by atoms with E-state index in [9.17, 15) is 4.39 Å². The van der Waals surface area contributed by atoms with E-state index in [1.54, 1.807) is 21.3 Å². The van der Waals surface area contributed by atoms with Gasteiger partial charge in [0, 0.05) is 30.7 Å². The van der Waals surface area contributed by atoms with Crippen LogP contribution < -0.4 is 5.32 Å². The van der Waals surface area contributed by atoms with Crippen LogP contribution in [0.15, 0.2) is 61.2 Å². The number of hydrogen-bond donors (Lipinski definition) is 2. The normalized spacial score (nSPS) is 11.2. The van der Waals surface area contributed by atoms with Gasteiger partial charge < -0.3 is 10.3 Å². The van der Waals surface area contributed by atoms with E-state index >= 15 is 0 Å². The second kappa shape index (κ2) is 6.86. The Hall–Kier alpha value is -4.01. The molecule has 5 aromatic rings. The number of aromatic nitrogens is 7. The molecule has 0 bridgehead atoms. The molecule has 0 saturated carbocycles. The van der Waals surface area contributed by atoms with Gasteiger partial charge in [0.25, 0.3) is 0 Å². The molecule has 0 spiro atoms. The third-order valence-electron chi connectivity index (χ3n) is 4.57. The molecule has 0 aliphatic rings. The highest BCUT2D eigenvalue weighted by Gasteiger charge is 2.17. The van der Waals surface area contributed by atoms with E-state index in [1.165, 1.54) is 18.5 Å². The first-order valence-corrected chi connectivity index (χ1v) is 9.04. The summed E-state index contributed by atoms with van der Waals surface area (Å²) in [5.41, 5.74) is 4.86. The molecule has 0 amide bonds. The molecule has 4 heterocycles. The first-order valence-electron chi connectivity index (χ1n) is 9.04. The average Bonchev–Trinajstić information content (AvgIpc) is 3.46. The van der Waals surface area contributed by atoms with E-state index in [0.717, 1.165) is 39.8 Å². The van der Waals surface area contributed by atoms with Gasteiger partial charge in [-0.05, 0) is 42.5 Å². The lowest BCUT2D eigenvalue weighted by molar-refractivity contribution is 0.628. The number of nitrogens with zero attached hydrogens (tertiary/aromatic N) is 6. The van der Waals surface area contributed by atoms with Gasteiger partial charge in [0.15, 0.2) is 5.65 Å². The number of rotatable bonds is 5. The molecule has 8 nitrogen and oxygen atoms in total. The first kappa shape index (κ1) is 17.1. The van der Waals surface area contributed by atoms with Crippen molar-refractivity contribution in [3.05, 3.63) is 72.8 Å². The van der Waals surface area contributed by atoms with Gasteiger partial charge in [0.2, 0.25) is 0 Å². The van der Waals surface area contributed by atoms with Crippen LogP contribution in [0.25, 0.3) is 28.3 Å². The Kier molecular flexibility index (Phi) is 4.05. The van der Waals surface area contributed by atoms with Crippen molar-refractivity contribution in [3.8, 4) is 22.6 Å². The number of aryl methyl sites for hydroxylation is 1. The van der Waals surface area contributed by atoms with Crippen LogP contribution in [0.3, 0.4) is 0 Å².